The molecule has 3 N–H and O–H groups in total. The van der Waals surface area contributed by atoms with Gasteiger partial charge in [0.2, 0.25) is 5.95 Å². The molecule has 1 saturated carbocycles. The highest BCUT2D eigenvalue weighted by Crippen LogP contribution is 2.34. The molecule has 1 aromatic carbocycles. The van der Waals surface area contributed by atoms with Gasteiger partial charge in [0.05, 0.1) is 17.9 Å². The van der Waals surface area contributed by atoms with Crippen molar-refractivity contribution in [3.63, 3.8) is 0 Å². The molecule has 2 aliphatic heterocycles. The zero-order valence-electron chi connectivity index (χ0n) is 20.5. The maximum atomic E-state index is 14.2. The number of hydrazine groups is 2. The molecule has 0 atom stereocenters. The largest absolute Gasteiger partial charge is 0.366 e. The Morgan fingerprint density at radius 3 is 2.46 bits per heavy atom. The van der Waals surface area contributed by atoms with Crippen LogP contribution in [0.3, 0.4) is 0 Å². The first-order valence-electron chi connectivity index (χ1n) is 11.9. The zero-order valence-corrected chi connectivity index (χ0v) is 20.5. The van der Waals surface area contributed by atoms with Crippen LogP contribution in [0.4, 0.5) is 21.9 Å². The Kier molecular flexibility index (Phi) is 5.73. The number of guanidine groups is 1. The van der Waals surface area contributed by atoms with Crippen molar-refractivity contribution >= 4 is 23.4 Å². The minimum atomic E-state index is -0.0717. The molecule has 1 aromatic heterocycles. The van der Waals surface area contributed by atoms with Crippen LogP contribution in [0.25, 0.3) is 0 Å². The fraction of sp³-hybridized carbons (Fsp3) is 0.500. The molecule has 2 fully saturated rings. The van der Waals surface area contributed by atoms with Gasteiger partial charge >= 0.3 is 0 Å². The van der Waals surface area contributed by atoms with Crippen LogP contribution in [0.15, 0.2) is 41.6 Å². The highest BCUT2D eigenvalue weighted by atomic mass is 19.2. The van der Waals surface area contributed by atoms with E-state index in [2.05, 4.69) is 60.0 Å². The van der Waals surface area contributed by atoms with Gasteiger partial charge in [-0.2, -0.15) is 10.2 Å². The van der Waals surface area contributed by atoms with E-state index in [9.17, 15) is 9.74 Å². The summed E-state index contributed by atoms with van der Waals surface area (Å²) in [7, 11) is 0. The number of anilines is 3. The van der Waals surface area contributed by atoms with Gasteiger partial charge in [0.1, 0.15) is 17.5 Å². The fourth-order valence-electron chi connectivity index (χ4n) is 5.20. The van der Waals surface area contributed by atoms with Crippen molar-refractivity contribution in [2.24, 2.45) is 5.10 Å². The van der Waals surface area contributed by atoms with Crippen LogP contribution >= 0.6 is 0 Å². The Labute approximate surface area is 204 Å². The van der Waals surface area contributed by atoms with Crippen molar-refractivity contribution in [2.45, 2.75) is 76.5 Å². The van der Waals surface area contributed by atoms with Gasteiger partial charge in [-0.05, 0) is 70.9 Å². The minimum absolute atomic E-state index is 0.0717. The Morgan fingerprint density at radius 2 is 1.83 bits per heavy atom. The molecule has 3 aliphatic rings. The molecule has 184 valence electrons. The lowest BCUT2D eigenvalue weighted by atomic mass is 9.79. The summed E-state index contributed by atoms with van der Waals surface area (Å²) in [6, 6.07) is 11.9. The van der Waals surface area contributed by atoms with Crippen molar-refractivity contribution < 1.29 is 4.48 Å². The first kappa shape index (κ1) is 23.3. The SMILES string of the molecule is CC1(C)CC(Nc2nc(N(C3=NN(F)NN3C3CC3)c3ccccc3)ncc2C#N)CC(C)(C)N1. The molecule has 2 aromatic rings. The van der Waals surface area contributed by atoms with Gasteiger partial charge in [-0.25, -0.2) is 9.88 Å². The standard InChI is InChI=1S/C24H31FN10/c1-23(2)12-17(13-24(3,4)31-23)28-20-16(14-26)15-27-21(29-20)33(18-8-6-5-7-9-18)22-30-35(25)32-34(22)19-10-11-19/h5-9,15,17,19,31-32H,10-13H2,1-4H3,(H,27,28,29). The second-order valence-corrected chi connectivity index (χ2v) is 10.7. The molecule has 0 unspecified atom stereocenters. The number of para-hydroxylation sites is 1. The van der Waals surface area contributed by atoms with E-state index in [0.29, 0.717) is 23.3 Å². The molecule has 1 saturated heterocycles. The topological polar surface area (TPSA) is 108 Å². The molecule has 5 rings (SSSR count). The molecule has 3 heterocycles. The summed E-state index contributed by atoms with van der Waals surface area (Å²) >= 11 is 0. The number of halogens is 1. The number of nitrogens with zero attached hydrogens (tertiary/aromatic N) is 7. The Balaban J connectivity index is 1.53. The molecule has 0 bridgehead atoms. The summed E-state index contributed by atoms with van der Waals surface area (Å²) in [5, 5.41) is 22.9. The van der Waals surface area contributed by atoms with Gasteiger partial charge in [0.25, 0.3) is 5.96 Å². The van der Waals surface area contributed by atoms with Gasteiger partial charge < -0.3 is 10.6 Å². The summed E-state index contributed by atoms with van der Waals surface area (Å²) in [5.74, 6) is 1.09. The van der Waals surface area contributed by atoms with Crippen LogP contribution in [0.2, 0.25) is 0 Å². The Bertz CT molecular complexity index is 1140. The second kappa shape index (κ2) is 8.62. The number of nitriles is 1. The monoisotopic (exact) mass is 478 g/mol. The predicted octanol–water partition coefficient (Wildman–Crippen LogP) is 3.56. The normalized spacial score (nSPS) is 21.4. The lowest BCUT2D eigenvalue weighted by Crippen LogP contribution is -2.60. The van der Waals surface area contributed by atoms with E-state index in [1.54, 1.807) is 9.91 Å². The molecule has 35 heavy (non-hydrogen) atoms. The third-order valence-corrected chi connectivity index (χ3v) is 6.34. The number of benzene rings is 1. The van der Waals surface area contributed by atoms with E-state index in [1.807, 2.05) is 30.3 Å². The number of nitrogens with one attached hydrogen (secondary N) is 3. The maximum absolute atomic E-state index is 14.2. The molecule has 10 nitrogen and oxygen atoms in total. The molecule has 0 radical (unpaired) electrons. The van der Waals surface area contributed by atoms with Crippen LogP contribution < -0.4 is 21.1 Å². The van der Waals surface area contributed by atoms with E-state index in [0.717, 1.165) is 31.4 Å². The van der Waals surface area contributed by atoms with Crippen molar-refractivity contribution in [3.05, 3.63) is 42.1 Å². The van der Waals surface area contributed by atoms with Crippen molar-refractivity contribution in [1.29, 1.82) is 5.26 Å². The van der Waals surface area contributed by atoms with Gasteiger partial charge in [-0.3, -0.25) is 5.01 Å². The third-order valence-electron chi connectivity index (χ3n) is 6.34. The summed E-state index contributed by atoms with van der Waals surface area (Å²) in [4.78, 5) is 11.0. The highest BCUT2D eigenvalue weighted by molar-refractivity contribution is 6.01. The first-order valence-corrected chi connectivity index (χ1v) is 11.9. The van der Waals surface area contributed by atoms with Crippen LogP contribution in [-0.4, -0.2) is 49.4 Å². The number of aromatic nitrogens is 2. The van der Waals surface area contributed by atoms with Crippen LogP contribution in [-0.2, 0) is 0 Å². The lowest BCUT2D eigenvalue weighted by Gasteiger charge is -2.46. The molecular formula is C24H31FN10. The van der Waals surface area contributed by atoms with Crippen molar-refractivity contribution in [3.8, 4) is 6.07 Å². The molecule has 11 heteroatoms. The second-order valence-electron chi connectivity index (χ2n) is 10.7. The van der Waals surface area contributed by atoms with Crippen LogP contribution in [0.1, 0.15) is 58.9 Å². The maximum Gasteiger partial charge on any atom is 0.251 e. The van der Waals surface area contributed by atoms with Gasteiger partial charge in [-0.15, -0.1) is 0 Å². The summed E-state index contributed by atoms with van der Waals surface area (Å²) in [5.41, 5.74) is 3.57. The van der Waals surface area contributed by atoms with E-state index in [4.69, 9.17) is 4.98 Å². The van der Waals surface area contributed by atoms with E-state index >= 15 is 0 Å². The average Bonchev–Trinajstić information content (AvgIpc) is 3.55. The van der Waals surface area contributed by atoms with Crippen LogP contribution in [0, 0.1) is 11.3 Å². The van der Waals surface area contributed by atoms with E-state index < -0.39 is 0 Å². The van der Waals surface area contributed by atoms with E-state index in [-0.39, 0.29) is 28.5 Å². The first-order chi connectivity index (χ1) is 16.6. The predicted molar refractivity (Wildman–Crippen MR) is 132 cm³/mol. The fourth-order valence-corrected chi connectivity index (χ4v) is 5.20. The molecule has 0 amide bonds. The number of hydrogen-bond donors (Lipinski definition) is 3. The number of piperidine rings is 1. The molecule has 1 aliphatic carbocycles. The highest BCUT2D eigenvalue weighted by Gasteiger charge is 2.41. The summed E-state index contributed by atoms with van der Waals surface area (Å²) in [6.45, 7) is 8.71. The Morgan fingerprint density at radius 1 is 1.14 bits per heavy atom. The minimum Gasteiger partial charge on any atom is -0.366 e. The van der Waals surface area contributed by atoms with Gasteiger partial charge in [0, 0.05) is 17.1 Å². The van der Waals surface area contributed by atoms with Gasteiger partial charge in [-0.1, -0.05) is 33.3 Å². The Hall–Kier alpha value is -3.49. The average molecular weight is 479 g/mol. The number of rotatable bonds is 5. The quantitative estimate of drug-likeness (QED) is 0.556. The number of hydrazone groups is 1. The lowest BCUT2D eigenvalue weighted by molar-refractivity contribution is -0.0646. The zero-order chi connectivity index (χ0) is 24.8. The molecular weight excluding hydrogens is 447 g/mol. The molecule has 0 spiro atoms. The van der Waals surface area contributed by atoms with E-state index in [1.165, 1.54) is 6.20 Å². The number of hydrogen-bond acceptors (Lipinski definition) is 10. The summed E-state index contributed by atoms with van der Waals surface area (Å²) < 4.78 is 14.2. The van der Waals surface area contributed by atoms with Crippen molar-refractivity contribution in [2.75, 3.05) is 10.2 Å². The van der Waals surface area contributed by atoms with Crippen LogP contribution in [0.5, 0.6) is 0 Å². The van der Waals surface area contributed by atoms with Gasteiger partial charge in [0.15, 0.2) is 0 Å². The smallest absolute Gasteiger partial charge is 0.251 e. The summed E-state index contributed by atoms with van der Waals surface area (Å²) in [6.07, 6.45) is 5.11. The van der Waals surface area contributed by atoms with Crippen molar-refractivity contribution in [1.82, 2.24) is 31.2 Å². The third kappa shape index (κ3) is 4.99.